The molecule has 0 unspecified atom stereocenters. The number of halogens is 1. The van der Waals surface area contributed by atoms with Crippen LogP contribution in [0.5, 0.6) is 0 Å². The number of carbonyl (C=O) groups excluding carboxylic acids is 1. The average Bonchev–Trinajstić information content (AvgIpc) is 2.28. The number of benzene rings is 1. The van der Waals surface area contributed by atoms with E-state index in [4.69, 9.17) is 0 Å². The highest BCUT2D eigenvalue weighted by Crippen LogP contribution is 2.13. The second-order valence-corrected chi connectivity index (χ2v) is 3.44. The number of carbonyl (C=O) groups is 1. The van der Waals surface area contributed by atoms with Gasteiger partial charge in [0.05, 0.1) is 0 Å². The fraction of sp³-hybridized carbons (Fsp3) is 0.167. The van der Waals surface area contributed by atoms with Gasteiger partial charge >= 0.3 is 0 Å². The number of pyridine rings is 1. The average molecular weight is 328 g/mol. The summed E-state index contributed by atoms with van der Waals surface area (Å²) in [5, 5.41) is 3.72. The van der Waals surface area contributed by atoms with Crippen molar-refractivity contribution < 1.29 is 33.3 Å². The largest absolute Gasteiger partial charge is 1.00 e. The smallest absolute Gasteiger partial charge is 0.257 e. The summed E-state index contributed by atoms with van der Waals surface area (Å²) >= 11 is 0. The van der Waals surface area contributed by atoms with Gasteiger partial charge in [0.1, 0.15) is 12.6 Å². The fourth-order valence-corrected chi connectivity index (χ4v) is 1.76. The summed E-state index contributed by atoms with van der Waals surface area (Å²) < 4.78 is 1.96. The van der Waals surface area contributed by atoms with Crippen LogP contribution in [-0.4, -0.2) is 13.0 Å². The van der Waals surface area contributed by atoms with Gasteiger partial charge in [-0.1, -0.05) is 6.07 Å². The molecular weight excluding hydrogens is 315 g/mol. The van der Waals surface area contributed by atoms with Crippen molar-refractivity contribution in [3.63, 3.8) is 0 Å². The van der Waals surface area contributed by atoms with E-state index >= 15 is 0 Å². The Morgan fingerprint density at radius 2 is 1.94 bits per heavy atom. The Kier molecular flexibility index (Phi) is 4.23. The maximum Gasteiger partial charge on any atom is 0.257 e. The SMILES string of the molecule is CNC(=O)c1cccc2ccc[n+](C)c12.[I-]. The fourth-order valence-electron chi connectivity index (χ4n) is 1.76. The number of amides is 1. The second kappa shape index (κ2) is 5.25. The molecule has 3 nitrogen and oxygen atoms in total. The topological polar surface area (TPSA) is 33.0 Å². The molecule has 1 amide bonds. The van der Waals surface area contributed by atoms with Crippen LogP contribution >= 0.6 is 0 Å². The van der Waals surface area contributed by atoms with Gasteiger partial charge in [0.15, 0.2) is 6.20 Å². The summed E-state index contributed by atoms with van der Waals surface area (Å²) in [4.78, 5) is 11.7. The van der Waals surface area contributed by atoms with Gasteiger partial charge in [-0.05, 0) is 18.2 Å². The van der Waals surface area contributed by atoms with Crippen LogP contribution in [0.1, 0.15) is 10.4 Å². The van der Waals surface area contributed by atoms with Crippen molar-refractivity contribution in [2.24, 2.45) is 7.05 Å². The van der Waals surface area contributed by atoms with E-state index in [0.29, 0.717) is 5.56 Å². The van der Waals surface area contributed by atoms with E-state index in [1.54, 1.807) is 7.05 Å². The summed E-state index contributed by atoms with van der Waals surface area (Å²) in [6.45, 7) is 0. The molecule has 1 aromatic heterocycles. The maximum absolute atomic E-state index is 11.7. The molecular formula is C12H13IN2O. The summed E-state index contributed by atoms with van der Waals surface area (Å²) in [5.74, 6) is -0.0533. The zero-order chi connectivity index (χ0) is 10.8. The first-order valence-corrected chi connectivity index (χ1v) is 4.83. The van der Waals surface area contributed by atoms with E-state index in [1.807, 2.05) is 48.1 Å². The predicted octanol–water partition coefficient (Wildman–Crippen LogP) is -1.97. The molecule has 0 radical (unpaired) electrons. The van der Waals surface area contributed by atoms with Crippen molar-refractivity contribution in [2.75, 3.05) is 7.05 Å². The number of hydrogen-bond acceptors (Lipinski definition) is 1. The van der Waals surface area contributed by atoms with Crippen molar-refractivity contribution in [2.45, 2.75) is 0 Å². The molecule has 0 saturated heterocycles. The van der Waals surface area contributed by atoms with Crippen LogP contribution in [0.2, 0.25) is 0 Å². The first-order valence-electron chi connectivity index (χ1n) is 4.83. The third-order valence-corrected chi connectivity index (χ3v) is 2.48. The molecule has 2 rings (SSSR count). The second-order valence-electron chi connectivity index (χ2n) is 3.44. The molecule has 84 valence electrons. The Morgan fingerprint density at radius 1 is 1.25 bits per heavy atom. The van der Waals surface area contributed by atoms with E-state index < -0.39 is 0 Å². The zero-order valence-electron chi connectivity index (χ0n) is 9.20. The first-order chi connectivity index (χ1) is 7.24. The van der Waals surface area contributed by atoms with Gasteiger partial charge in [-0.3, -0.25) is 4.79 Å². The van der Waals surface area contributed by atoms with E-state index in [9.17, 15) is 4.79 Å². The number of fused-ring (bicyclic) bond motifs is 1. The Labute approximate surface area is 111 Å². The highest BCUT2D eigenvalue weighted by Gasteiger charge is 2.15. The lowest BCUT2D eigenvalue weighted by molar-refractivity contribution is -0.645. The first kappa shape index (κ1) is 12.9. The predicted molar refractivity (Wildman–Crippen MR) is 58.5 cm³/mol. The van der Waals surface area contributed by atoms with Gasteiger partial charge < -0.3 is 29.3 Å². The van der Waals surface area contributed by atoms with Gasteiger partial charge in [0, 0.05) is 18.5 Å². The highest BCUT2D eigenvalue weighted by atomic mass is 127. The normalized spacial score (nSPS) is 9.62. The molecule has 1 aromatic carbocycles. The van der Waals surface area contributed by atoms with Crippen LogP contribution in [0.4, 0.5) is 0 Å². The van der Waals surface area contributed by atoms with Crippen molar-refractivity contribution in [1.82, 2.24) is 5.32 Å². The molecule has 1 heterocycles. The minimum atomic E-state index is -0.0533. The van der Waals surface area contributed by atoms with Crippen molar-refractivity contribution in [3.05, 3.63) is 42.1 Å². The highest BCUT2D eigenvalue weighted by molar-refractivity contribution is 6.04. The molecule has 2 aromatic rings. The van der Waals surface area contributed by atoms with Crippen LogP contribution in [0.3, 0.4) is 0 Å². The van der Waals surface area contributed by atoms with Gasteiger partial charge in [0.2, 0.25) is 5.52 Å². The van der Waals surface area contributed by atoms with Crippen molar-refractivity contribution >= 4 is 16.8 Å². The molecule has 0 saturated carbocycles. The number of hydrogen-bond donors (Lipinski definition) is 1. The van der Waals surface area contributed by atoms with E-state index in [0.717, 1.165) is 10.9 Å². The molecule has 4 heteroatoms. The number of aromatic nitrogens is 1. The molecule has 0 fully saturated rings. The number of nitrogens with zero attached hydrogens (tertiary/aromatic N) is 1. The Morgan fingerprint density at radius 3 is 2.62 bits per heavy atom. The summed E-state index contributed by atoms with van der Waals surface area (Å²) in [7, 11) is 3.58. The minimum absolute atomic E-state index is 0. The summed E-state index contributed by atoms with van der Waals surface area (Å²) in [5.41, 5.74) is 1.66. The zero-order valence-corrected chi connectivity index (χ0v) is 11.4. The molecule has 0 aliphatic rings. The van der Waals surface area contributed by atoms with Gasteiger partial charge in [-0.2, -0.15) is 0 Å². The third kappa shape index (κ3) is 2.16. The molecule has 16 heavy (non-hydrogen) atoms. The quantitative estimate of drug-likeness (QED) is 0.478. The molecule has 0 atom stereocenters. The van der Waals surface area contributed by atoms with E-state index in [-0.39, 0.29) is 29.9 Å². The molecule has 0 aliphatic heterocycles. The lowest BCUT2D eigenvalue weighted by Crippen LogP contribution is -3.00. The van der Waals surface area contributed by atoms with E-state index in [2.05, 4.69) is 5.32 Å². The Bertz CT molecular complexity index is 520. The lowest BCUT2D eigenvalue weighted by Gasteiger charge is -2.02. The standard InChI is InChI=1S/C12H12N2O.HI/c1-13-12(15)10-7-3-5-9-6-4-8-14(2)11(9)10;/h3-8H,1-2H3;1H. The third-order valence-electron chi connectivity index (χ3n) is 2.48. The number of para-hydroxylation sites is 1. The summed E-state index contributed by atoms with van der Waals surface area (Å²) in [6, 6.07) is 9.70. The number of aryl methyl sites for hydroxylation is 1. The number of rotatable bonds is 1. The van der Waals surface area contributed by atoms with Crippen molar-refractivity contribution in [3.8, 4) is 0 Å². The number of nitrogens with one attached hydrogen (secondary N) is 1. The van der Waals surface area contributed by atoms with Gasteiger partial charge in [0.25, 0.3) is 5.91 Å². The maximum atomic E-state index is 11.7. The minimum Gasteiger partial charge on any atom is -1.00 e. The van der Waals surface area contributed by atoms with Crippen molar-refractivity contribution in [1.29, 1.82) is 0 Å². The molecule has 0 aliphatic carbocycles. The Hall–Kier alpha value is -1.17. The Balaban J connectivity index is 0.00000128. The van der Waals surface area contributed by atoms with Crippen LogP contribution < -0.4 is 33.9 Å². The van der Waals surface area contributed by atoms with E-state index in [1.165, 1.54) is 0 Å². The van der Waals surface area contributed by atoms with Crippen LogP contribution in [0.25, 0.3) is 10.9 Å². The summed E-state index contributed by atoms with van der Waals surface area (Å²) in [6.07, 6.45) is 1.94. The van der Waals surface area contributed by atoms with Gasteiger partial charge in [-0.15, -0.1) is 0 Å². The van der Waals surface area contributed by atoms with Crippen LogP contribution in [0, 0.1) is 0 Å². The van der Waals surface area contributed by atoms with Crippen LogP contribution in [-0.2, 0) is 7.05 Å². The molecule has 0 spiro atoms. The van der Waals surface area contributed by atoms with Crippen LogP contribution in [0.15, 0.2) is 36.5 Å². The monoisotopic (exact) mass is 328 g/mol. The molecule has 0 bridgehead atoms. The lowest BCUT2D eigenvalue weighted by atomic mass is 10.1. The molecule has 1 N–H and O–H groups in total. The van der Waals surface area contributed by atoms with Gasteiger partial charge in [-0.25, -0.2) is 4.57 Å².